The van der Waals surface area contributed by atoms with Gasteiger partial charge in [-0.2, -0.15) is 0 Å². The van der Waals surface area contributed by atoms with Gasteiger partial charge in [0.25, 0.3) is 0 Å². The molecule has 5 rings (SSSR count). The first-order valence-electron chi connectivity index (χ1n) is 14.8. The van der Waals surface area contributed by atoms with Crippen LogP contribution in [-0.2, 0) is 23.7 Å². The van der Waals surface area contributed by atoms with E-state index < -0.39 is 0 Å². The fourth-order valence-corrected chi connectivity index (χ4v) is 4.71. The van der Waals surface area contributed by atoms with Crippen molar-refractivity contribution in [1.29, 1.82) is 0 Å². The largest absolute Gasteiger partial charge is 0.491 e. The second kappa shape index (κ2) is 17.5. The molecule has 0 atom stereocenters. The number of hydrogen-bond donors (Lipinski definition) is 0. The lowest BCUT2D eigenvalue weighted by Gasteiger charge is -2.13. The van der Waals surface area contributed by atoms with E-state index in [1.165, 1.54) is 0 Å². The van der Waals surface area contributed by atoms with Crippen molar-refractivity contribution in [2.45, 2.75) is 0 Å². The lowest BCUT2D eigenvalue weighted by Crippen LogP contribution is -2.14. The first kappa shape index (κ1) is 30.8. The van der Waals surface area contributed by atoms with E-state index in [1.807, 2.05) is 72.8 Å². The molecule has 0 amide bonds. The van der Waals surface area contributed by atoms with E-state index in [4.69, 9.17) is 42.6 Å². The molecule has 0 radical (unpaired) electrons. The van der Waals surface area contributed by atoms with Crippen LogP contribution in [0.15, 0.2) is 72.8 Å². The van der Waals surface area contributed by atoms with Gasteiger partial charge in [-0.05, 0) is 24.3 Å². The lowest BCUT2D eigenvalue weighted by molar-refractivity contribution is 0.00512. The van der Waals surface area contributed by atoms with E-state index in [0.29, 0.717) is 92.5 Å². The fourth-order valence-electron chi connectivity index (χ4n) is 4.71. The number of hydrogen-bond acceptors (Lipinski definition) is 9. The van der Waals surface area contributed by atoms with E-state index in [-0.39, 0.29) is 0 Å². The van der Waals surface area contributed by atoms with E-state index in [0.717, 1.165) is 44.5 Å². The van der Waals surface area contributed by atoms with Gasteiger partial charge in [0.1, 0.15) is 49.4 Å². The Kier molecular flexibility index (Phi) is 12.6. The van der Waals surface area contributed by atoms with Crippen LogP contribution >= 0.6 is 0 Å². The van der Waals surface area contributed by atoms with Crippen molar-refractivity contribution >= 4 is 21.5 Å². The van der Waals surface area contributed by atoms with Gasteiger partial charge in [0.15, 0.2) is 0 Å². The SMILES string of the molecule is c1cc2c3cccc(c3c1)OCCOCCOCCOCCOc1cccc3c(cccc13)OCCOCCOCCO2. The van der Waals surface area contributed by atoms with Crippen LogP contribution in [0.3, 0.4) is 0 Å². The zero-order valence-electron chi connectivity index (χ0n) is 24.5. The molecule has 0 aromatic heterocycles. The summed E-state index contributed by atoms with van der Waals surface area (Å²) in [5.74, 6) is 3.17. The Hall–Kier alpha value is -3.60. The first-order chi connectivity index (χ1) is 21.4. The summed E-state index contributed by atoms with van der Waals surface area (Å²) in [6.07, 6.45) is 0. The molecule has 1 aliphatic heterocycles. The summed E-state index contributed by atoms with van der Waals surface area (Å²) in [7, 11) is 0. The average Bonchev–Trinajstić information content (AvgIpc) is 3.04. The highest BCUT2D eigenvalue weighted by molar-refractivity contribution is 5.93. The molecule has 0 saturated carbocycles. The highest BCUT2D eigenvalue weighted by atomic mass is 16.6. The molecular formula is C34H40O9. The molecule has 0 aliphatic carbocycles. The van der Waals surface area contributed by atoms with Crippen molar-refractivity contribution in [3.05, 3.63) is 72.8 Å². The first-order valence-corrected chi connectivity index (χ1v) is 14.8. The van der Waals surface area contributed by atoms with Gasteiger partial charge in [-0.3, -0.25) is 0 Å². The minimum absolute atomic E-state index is 0.433. The Morgan fingerprint density at radius 3 is 0.698 bits per heavy atom. The second-order valence-electron chi connectivity index (χ2n) is 9.67. The summed E-state index contributed by atoms with van der Waals surface area (Å²) in [4.78, 5) is 0. The minimum atomic E-state index is 0.433. The highest BCUT2D eigenvalue weighted by Gasteiger charge is 2.09. The van der Waals surface area contributed by atoms with E-state index >= 15 is 0 Å². The second-order valence-corrected chi connectivity index (χ2v) is 9.67. The van der Waals surface area contributed by atoms with Crippen molar-refractivity contribution in [2.24, 2.45) is 0 Å². The molecule has 1 heterocycles. The van der Waals surface area contributed by atoms with Crippen molar-refractivity contribution < 1.29 is 42.6 Å². The third-order valence-electron chi connectivity index (χ3n) is 6.74. The average molecular weight is 593 g/mol. The molecule has 0 fully saturated rings. The van der Waals surface area contributed by atoms with E-state index in [1.54, 1.807) is 0 Å². The summed E-state index contributed by atoms with van der Waals surface area (Å²) in [6, 6.07) is 23.8. The molecule has 43 heavy (non-hydrogen) atoms. The number of benzene rings is 4. The van der Waals surface area contributed by atoms with Gasteiger partial charge in [-0.15, -0.1) is 0 Å². The molecule has 4 aromatic rings. The lowest BCUT2D eigenvalue weighted by atomic mass is 10.1. The molecule has 230 valence electrons. The van der Waals surface area contributed by atoms with Gasteiger partial charge >= 0.3 is 0 Å². The molecule has 8 bridgehead atoms. The number of ether oxygens (including phenoxy) is 9. The Morgan fingerprint density at radius 1 is 0.256 bits per heavy atom. The summed E-state index contributed by atoms with van der Waals surface area (Å²) in [6.45, 7) is 6.50. The molecule has 0 N–H and O–H groups in total. The molecular weight excluding hydrogens is 552 g/mol. The predicted octanol–water partition coefficient (Wildman–Crippen LogP) is 5.31. The Balaban J connectivity index is 1.14. The standard InChI is InChI=1S/C34H40O9/c1-7-29-27-5-3-11-33(29)42-25-21-38-17-18-39-22-26-43-34-12-4-6-28-30(34)8-2-10-32(28)41-24-20-37-16-14-35-13-15-36-19-23-40-31(27)9-1/h1-12H,13-26H2. The van der Waals surface area contributed by atoms with Gasteiger partial charge in [0.05, 0.1) is 66.1 Å². The van der Waals surface area contributed by atoms with Crippen LogP contribution in [0.1, 0.15) is 0 Å². The van der Waals surface area contributed by atoms with Gasteiger partial charge in [0.2, 0.25) is 0 Å². The zero-order valence-corrected chi connectivity index (χ0v) is 24.5. The topological polar surface area (TPSA) is 83.1 Å². The minimum Gasteiger partial charge on any atom is -0.491 e. The fraction of sp³-hybridized carbons (Fsp3) is 0.412. The van der Waals surface area contributed by atoms with E-state index in [9.17, 15) is 0 Å². The van der Waals surface area contributed by atoms with Crippen LogP contribution in [0, 0.1) is 0 Å². The number of rotatable bonds is 0. The van der Waals surface area contributed by atoms with Gasteiger partial charge < -0.3 is 42.6 Å². The summed E-state index contributed by atoms with van der Waals surface area (Å²) >= 11 is 0. The molecule has 9 heteroatoms. The summed E-state index contributed by atoms with van der Waals surface area (Å²) in [5, 5.41) is 3.96. The maximum absolute atomic E-state index is 6.02. The Bertz CT molecular complexity index is 1290. The predicted molar refractivity (Wildman–Crippen MR) is 164 cm³/mol. The summed E-state index contributed by atoms with van der Waals surface area (Å²) < 4.78 is 52.4. The van der Waals surface area contributed by atoms with Gasteiger partial charge in [-0.25, -0.2) is 0 Å². The highest BCUT2D eigenvalue weighted by Crippen LogP contribution is 2.33. The van der Waals surface area contributed by atoms with Gasteiger partial charge in [-0.1, -0.05) is 48.5 Å². The zero-order chi connectivity index (χ0) is 29.4. The van der Waals surface area contributed by atoms with Crippen LogP contribution in [0.4, 0.5) is 0 Å². The van der Waals surface area contributed by atoms with Crippen LogP contribution in [-0.4, -0.2) is 92.5 Å². The van der Waals surface area contributed by atoms with E-state index in [2.05, 4.69) is 0 Å². The van der Waals surface area contributed by atoms with Crippen LogP contribution < -0.4 is 18.9 Å². The van der Waals surface area contributed by atoms with Crippen LogP contribution in [0.2, 0.25) is 0 Å². The molecule has 1 aliphatic rings. The van der Waals surface area contributed by atoms with Crippen molar-refractivity contribution in [1.82, 2.24) is 0 Å². The monoisotopic (exact) mass is 592 g/mol. The van der Waals surface area contributed by atoms with Crippen LogP contribution in [0.25, 0.3) is 21.5 Å². The smallest absolute Gasteiger partial charge is 0.127 e. The quantitative estimate of drug-likeness (QED) is 0.270. The van der Waals surface area contributed by atoms with Crippen molar-refractivity contribution in [3.63, 3.8) is 0 Å². The normalized spacial score (nSPS) is 17.7. The molecule has 4 aromatic carbocycles. The third-order valence-corrected chi connectivity index (χ3v) is 6.74. The Morgan fingerprint density at radius 2 is 0.465 bits per heavy atom. The molecule has 0 unspecified atom stereocenters. The molecule has 9 nitrogen and oxygen atoms in total. The maximum Gasteiger partial charge on any atom is 0.127 e. The molecule has 0 saturated heterocycles. The summed E-state index contributed by atoms with van der Waals surface area (Å²) in [5.41, 5.74) is 0. The van der Waals surface area contributed by atoms with Crippen molar-refractivity contribution in [3.8, 4) is 23.0 Å². The maximum atomic E-state index is 6.02. The van der Waals surface area contributed by atoms with Crippen LogP contribution in [0.5, 0.6) is 23.0 Å². The Labute approximate surface area is 252 Å². The van der Waals surface area contributed by atoms with Gasteiger partial charge in [0, 0.05) is 21.5 Å². The molecule has 0 spiro atoms. The third kappa shape index (κ3) is 9.44. The van der Waals surface area contributed by atoms with Crippen molar-refractivity contribution in [2.75, 3.05) is 92.5 Å².